The average molecular weight is 301 g/mol. The molecule has 0 radical (unpaired) electrons. The second-order valence-electron chi connectivity index (χ2n) is 5.53. The van der Waals surface area contributed by atoms with Gasteiger partial charge in [-0.05, 0) is 50.0 Å². The number of hydrogen-bond donors (Lipinski definition) is 1. The van der Waals surface area contributed by atoms with Gasteiger partial charge in [-0.1, -0.05) is 0 Å². The van der Waals surface area contributed by atoms with Gasteiger partial charge in [0.05, 0.1) is 0 Å². The van der Waals surface area contributed by atoms with Crippen LogP contribution in [0.4, 0.5) is 4.39 Å². The van der Waals surface area contributed by atoms with Crippen molar-refractivity contribution in [2.75, 3.05) is 32.8 Å². The Kier molecular flexibility index (Phi) is 5.64. The fourth-order valence-corrected chi connectivity index (χ4v) is 3.00. The van der Waals surface area contributed by atoms with Gasteiger partial charge in [-0.15, -0.1) is 12.4 Å². The maximum absolute atomic E-state index is 13.3. The Morgan fingerprint density at radius 2 is 2.10 bits per heavy atom. The SMILES string of the molecule is Cl.Fc1ccc2c(c1)CN(CC1CCNCC1)CCO2. The fourth-order valence-electron chi connectivity index (χ4n) is 3.00. The minimum atomic E-state index is -0.175. The Morgan fingerprint density at radius 1 is 1.30 bits per heavy atom. The molecule has 0 aromatic heterocycles. The van der Waals surface area contributed by atoms with Gasteiger partial charge in [-0.25, -0.2) is 4.39 Å². The van der Waals surface area contributed by atoms with Crippen LogP contribution in [0.1, 0.15) is 18.4 Å². The Morgan fingerprint density at radius 3 is 2.90 bits per heavy atom. The van der Waals surface area contributed by atoms with Crippen LogP contribution in [-0.2, 0) is 6.54 Å². The summed E-state index contributed by atoms with van der Waals surface area (Å²) in [6, 6.07) is 4.83. The van der Waals surface area contributed by atoms with Crippen LogP contribution in [-0.4, -0.2) is 37.7 Å². The quantitative estimate of drug-likeness (QED) is 0.908. The number of fused-ring (bicyclic) bond motifs is 1. The van der Waals surface area contributed by atoms with E-state index in [-0.39, 0.29) is 18.2 Å². The summed E-state index contributed by atoms with van der Waals surface area (Å²) in [6.07, 6.45) is 2.49. The summed E-state index contributed by atoms with van der Waals surface area (Å²) in [7, 11) is 0. The van der Waals surface area contributed by atoms with E-state index in [1.807, 2.05) is 0 Å². The van der Waals surface area contributed by atoms with Crippen molar-refractivity contribution in [3.05, 3.63) is 29.6 Å². The summed E-state index contributed by atoms with van der Waals surface area (Å²) in [4.78, 5) is 2.40. The Hall–Kier alpha value is -0.840. The number of piperidine rings is 1. The molecule has 0 spiro atoms. The van der Waals surface area contributed by atoms with E-state index in [0.29, 0.717) is 6.61 Å². The molecule has 0 aliphatic carbocycles. The maximum atomic E-state index is 13.3. The molecular weight excluding hydrogens is 279 g/mol. The van der Waals surface area contributed by atoms with Crippen molar-refractivity contribution in [2.24, 2.45) is 5.92 Å². The lowest BCUT2D eigenvalue weighted by Gasteiger charge is -2.28. The Balaban J connectivity index is 0.00000147. The molecule has 2 heterocycles. The molecule has 2 aliphatic heterocycles. The molecule has 0 amide bonds. The van der Waals surface area contributed by atoms with Gasteiger partial charge in [0, 0.05) is 25.2 Å². The van der Waals surface area contributed by atoms with Gasteiger partial charge in [0.25, 0.3) is 0 Å². The second kappa shape index (κ2) is 7.25. The lowest BCUT2D eigenvalue weighted by atomic mass is 9.97. The van der Waals surface area contributed by atoms with Crippen molar-refractivity contribution in [2.45, 2.75) is 19.4 Å². The van der Waals surface area contributed by atoms with Crippen LogP contribution in [0.15, 0.2) is 18.2 Å². The fraction of sp³-hybridized carbons (Fsp3) is 0.600. The van der Waals surface area contributed by atoms with Gasteiger partial charge < -0.3 is 10.1 Å². The highest BCUT2D eigenvalue weighted by Gasteiger charge is 2.20. The highest BCUT2D eigenvalue weighted by atomic mass is 35.5. The zero-order valence-corrected chi connectivity index (χ0v) is 12.4. The van der Waals surface area contributed by atoms with Crippen LogP contribution in [0.2, 0.25) is 0 Å². The Bertz CT molecular complexity index is 438. The number of nitrogens with zero attached hydrogens (tertiary/aromatic N) is 1. The van der Waals surface area contributed by atoms with Crippen molar-refractivity contribution in [1.82, 2.24) is 10.2 Å². The van der Waals surface area contributed by atoms with E-state index in [1.165, 1.54) is 18.9 Å². The van der Waals surface area contributed by atoms with Crippen LogP contribution in [0.25, 0.3) is 0 Å². The first-order valence-electron chi connectivity index (χ1n) is 7.15. The minimum absolute atomic E-state index is 0. The first kappa shape index (κ1) is 15.5. The van der Waals surface area contributed by atoms with E-state index in [4.69, 9.17) is 4.74 Å². The number of hydrogen-bond acceptors (Lipinski definition) is 3. The standard InChI is InChI=1S/C15H21FN2O.ClH/c16-14-1-2-15-13(9-14)11-18(7-8-19-15)10-12-3-5-17-6-4-12;/h1-2,9,12,17H,3-8,10-11H2;1H. The molecule has 1 N–H and O–H groups in total. The van der Waals surface area contributed by atoms with E-state index < -0.39 is 0 Å². The summed E-state index contributed by atoms with van der Waals surface area (Å²) in [5, 5.41) is 3.39. The molecule has 1 aromatic rings. The molecule has 1 fully saturated rings. The van der Waals surface area contributed by atoms with E-state index in [0.717, 1.165) is 50.0 Å². The van der Waals surface area contributed by atoms with Crippen LogP contribution in [0, 0.1) is 11.7 Å². The van der Waals surface area contributed by atoms with Gasteiger partial charge in [-0.2, -0.15) is 0 Å². The molecule has 3 rings (SSSR count). The topological polar surface area (TPSA) is 24.5 Å². The molecule has 3 nitrogen and oxygen atoms in total. The first-order chi connectivity index (χ1) is 9.31. The molecule has 112 valence electrons. The number of rotatable bonds is 2. The van der Waals surface area contributed by atoms with Gasteiger partial charge in [-0.3, -0.25) is 4.90 Å². The lowest BCUT2D eigenvalue weighted by Crippen LogP contribution is -2.36. The summed E-state index contributed by atoms with van der Waals surface area (Å²) >= 11 is 0. The summed E-state index contributed by atoms with van der Waals surface area (Å²) in [5.74, 6) is 1.43. The van der Waals surface area contributed by atoms with Crippen molar-refractivity contribution in [3.63, 3.8) is 0 Å². The predicted octanol–water partition coefficient (Wildman–Crippen LogP) is 2.44. The van der Waals surface area contributed by atoms with Gasteiger partial charge in [0.15, 0.2) is 0 Å². The monoisotopic (exact) mass is 300 g/mol. The Labute approximate surface area is 125 Å². The van der Waals surface area contributed by atoms with Crippen LogP contribution in [0.5, 0.6) is 5.75 Å². The largest absolute Gasteiger partial charge is 0.492 e. The third kappa shape index (κ3) is 3.84. The van der Waals surface area contributed by atoms with Crippen molar-refractivity contribution < 1.29 is 9.13 Å². The predicted molar refractivity (Wildman–Crippen MR) is 80.0 cm³/mol. The van der Waals surface area contributed by atoms with Crippen LogP contribution in [0.3, 0.4) is 0 Å². The number of nitrogens with one attached hydrogen (secondary N) is 1. The molecule has 20 heavy (non-hydrogen) atoms. The van der Waals surface area contributed by atoms with Crippen LogP contribution < -0.4 is 10.1 Å². The third-order valence-electron chi connectivity index (χ3n) is 4.06. The molecule has 0 unspecified atom stereocenters. The third-order valence-corrected chi connectivity index (χ3v) is 4.06. The highest BCUT2D eigenvalue weighted by Crippen LogP contribution is 2.25. The molecule has 0 saturated carbocycles. The molecule has 0 atom stereocenters. The minimum Gasteiger partial charge on any atom is -0.492 e. The van der Waals surface area contributed by atoms with E-state index in [1.54, 1.807) is 12.1 Å². The lowest BCUT2D eigenvalue weighted by molar-refractivity contribution is 0.181. The summed E-state index contributed by atoms with van der Waals surface area (Å²) in [5.41, 5.74) is 0.978. The van der Waals surface area contributed by atoms with Gasteiger partial charge in [0.1, 0.15) is 18.2 Å². The molecule has 1 aromatic carbocycles. The van der Waals surface area contributed by atoms with Crippen molar-refractivity contribution >= 4 is 12.4 Å². The number of ether oxygens (including phenoxy) is 1. The van der Waals surface area contributed by atoms with Gasteiger partial charge >= 0.3 is 0 Å². The molecule has 2 aliphatic rings. The van der Waals surface area contributed by atoms with Gasteiger partial charge in [0.2, 0.25) is 0 Å². The molecular formula is C15H22ClFN2O. The van der Waals surface area contributed by atoms with Crippen LogP contribution >= 0.6 is 12.4 Å². The first-order valence-corrected chi connectivity index (χ1v) is 7.15. The maximum Gasteiger partial charge on any atom is 0.124 e. The van der Waals surface area contributed by atoms with Crippen molar-refractivity contribution in [3.8, 4) is 5.75 Å². The molecule has 1 saturated heterocycles. The number of halogens is 2. The van der Waals surface area contributed by atoms with Crippen molar-refractivity contribution in [1.29, 1.82) is 0 Å². The van der Waals surface area contributed by atoms with E-state index >= 15 is 0 Å². The number of benzene rings is 1. The zero-order valence-electron chi connectivity index (χ0n) is 11.6. The second-order valence-corrected chi connectivity index (χ2v) is 5.53. The highest BCUT2D eigenvalue weighted by molar-refractivity contribution is 5.85. The normalized spacial score (nSPS) is 20.4. The zero-order chi connectivity index (χ0) is 13.1. The summed E-state index contributed by atoms with van der Waals surface area (Å²) < 4.78 is 19.0. The summed E-state index contributed by atoms with van der Waals surface area (Å²) in [6.45, 7) is 5.78. The van der Waals surface area contributed by atoms with E-state index in [9.17, 15) is 4.39 Å². The average Bonchev–Trinajstić information content (AvgIpc) is 2.61. The molecule has 0 bridgehead atoms. The van der Waals surface area contributed by atoms with E-state index in [2.05, 4.69) is 10.2 Å². The smallest absolute Gasteiger partial charge is 0.124 e. The molecule has 5 heteroatoms.